The molecule has 8 heteroatoms. The molecule has 115 heavy (non-hydrogen) atoms. The molecular weight excluding hydrogens is 1400 g/mol. The Morgan fingerprint density at radius 1 is 0.252 bits per heavy atom. The summed E-state index contributed by atoms with van der Waals surface area (Å²) in [6, 6.07) is 139. The summed E-state index contributed by atoms with van der Waals surface area (Å²) in [5.41, 5.74) is 31.4. The lowest BCUT2D eigenvalue weighted by atomic mass is 9.70. The molecule has 4 aromatic heterocycles. The molecule has 0 bridgehead atoms. The van der Waals surface area contributed by atoms with Crippen molar-refractivity contribution < 1.29 is 0 Å². The van der Waals surface area contributed by atoms with E-state index in [1.807, 2.05) is 6.07 Å². The highest BCUT2D eigenvalue weighted by Crippen LogP contribution is 2.63. The molecule has 16 aromatic carbocycles. The Hall–Kier alpha value is -14.1. The zero-order valence-corrected chi connectivity index (χ0v) is 66.2. The van der Waals surface area contributed by atoms with Gasteiger partial charge in [-0.2, -0.15) is 0 Å². The molecule has 0 radical (unpaired) electrons. The predicted octanol–water partition coefficient (Wildman–Crippen LogP) is 27.7. The van der Waals surface area contributed by atoms with Crippen molar-refractivity contribution in [3.63, 3.8) is 0 Å². The van der Waals surface area contributed by atoms with Crippen molar-refractivity contribution in [1.29, 1.82) is 0 Å². The van der Waals surface area contributed by atoms with Gasteiger partial charge in [0, 0.05) is 175 Å². The molecular formula is C107H90N8. The normalized spacial score (nSPS) is 12.2. The molecule has 20 aromatic rings. The van der Waals surface area contributed by atoms with E-state index in [1.54, 1.807) is 0 Å². The van der Waals surface area contributed by atoms with Crippen LogP contribution in [0.2, 0.25) is 0 Å². The minimum absolute atomic E-state index is 0.362. The van der Waals surface area contributed by atoms with Gasteiger partial charge >= 0.3 is 0 Å². The fourth-order valence-corrected chi connectivity index (χ4v) is 18.6. The number of hydrogen-bond donors (Lipinski definition) is 0. The van der Waals surface area contributed by atoms with Crippen molar-refractivity contribution in [3.05, 3.63) is 404 Å². The number of para-hydroxylation sites is 8. The van der Waals surface area contributed by atoms with E-state index >= 15 is 0 Å². The van der Waals surface area contributed by atoms with Gasteiger partial charge in [-0.25, -0.2) is 0 Å². The summed E-state index contributed by atoms with van der Waals surface area (Å²) in [5, 5.41) is 10.4. The molecule has 0 N–H and O–H groups in total. The Kier molecular flexibility index (Phi) is 18.3. The van der Waals surface area contributed by atoms with E-state index in [0.29, 0.717) is 6.04 Å². The Balaban J connectivity index is 0.000000109. The predicted molar refractivity (Wildman–Crippen MR) is 490 cm³/mol. The van der Waals surface area contributed by atoms with E-state index in [4.69, 9.17) is 0 Å². The first-order chi connectivity index (χ1) is 56.5. The van der Waals surface area contributed by atoms with Crippen molar-refractivity contribution in [3.8, 4) is 27.9 Å². The van der Waals surface area contributed by atoms with Gasteiger partial charge in [0.15, 0.2) is 0 Å². The smallest absolute Gasteiger partial charge is 0.0726 e. The molecule has 0 unspecified atom stereocenters. The summed E-state index contributed by atoms with van der Waals surface area (Å²) in [5.74, 6) is 0. The summed E-state index contributed by atoms with van der Waals surface area (Å²) in [6.07, 6.45) is 0. The van der Waals surface area contributed by atoms with Gasteiger partial charge in [0.25, 0.3) is 0 Å². The zero-order valence-electron chi connectivity index (χ0n) is 66.2. The average molecular weight is 1490 g/mol. The summed E-state index contributed by atoms with van der Waals surface area (Å²) in [4.78, 5) is 8.95. The molecule has 0 saturated carbocycles. The lowest BCUT2D eigenvalue weighted by Crippen LogP contribution is -2.26. The van der Waals surface area contributed by atoms with E-state index in [9.17, 15) is 0 Å². The second-order valence-electron chi connectivity index (χ2n) is 30.7. The molecule has 22 rings (SSSR count). The Labute approximate surface area is 672 Å². The maximum Gasteiger partial charge on any atom is 0.0726 e. The van der Waals surface area contributed by atoms with Gasteiger partial charge in [0.1, 0.15) is 0 Å². The molecule has 2 aliphatic carbocycles. The number of rotatable bonds is 11. The lowest BCUT2D eigenvalue weighted by Gasteiger charge is -2.30. The number of fused-ring (bicyclic) bond motifs is 22. The van der Waals surface area contributed by atoms with Crippen LogP contribution in [0.15, 0.2) is 382 Å². The van der Waals surface area contributed by atoms with Crippen LogP contribution in [-0.2, 0) is 19.0 Å². The van der Waals surface area contributed by atoms with Crippen molar-refractivity contribution in [1.82, 2.24) is 18.3 Å². The molecule has 0 saturated heterocycles. The quantitative estimate of drug-likeness (QED) is 0.129. The first kappa shape index (κ1) is 71.2. The van der Waals surface area contributed by atoms with Crippen LogP contribution >= 0.6 is 0 Å². The van der Waals surface area contributed by atoms with Crippen molar-refractivity contribution in [2.45, 2.75) is 38.8 Å². The maximum atomic E-state index is 2.48. The van der Waals surface area contributed by atoms with E-state index in [-0.39, 0.29) is 5.41 Å². The summed E-state index contributed by atoms with van der Waals surface area (Å²) in [7, 11) is 10.6. The highest BCUT2D eigenvalue weighted by Gasteiger charge is 2.51. The van der Waals surface area contributed by atoms with Crippen molar-refractivity contribution in [2.24, 2.45) is 7.05 Å². The van der Waals surface area contributed by atoms with Crippen molar-refractivity contribution in [2.75, 3.05) is 47.8 Å². The van der Waals surface area contributed by atoms with E-state index in [2.05, 4.69) is 470 Å². The van der Waals surface area contributed by atoms with E-state index in [1.165, 1.54) is 183 Å². The first-order valence-corrected chi connectivity index (χ1v) is 40.1. The summed E-state index contributed by atoms with van der Waals surface area (Å²) >= 11 is 0. The van der Waals surface area contributed by atoms with Crippen LogP contribution in [0.5, 0.6) is 0 Å². The van der Waals surface area contributed by atoms with Gasteiger partial charge < -0.3 is 37.9 Å². The van der Waals surface area contributed by atoms with E-state index in [0.717, 1.165) is 6.54 Å². The number of hydrogen-bond acceptors (Lipinski definition) is 4. The number of aryl methyl sites for hydroxylation is 2. The highest BCUT2D eigenvalue weighted by molar-refractivity contribution is 6.13. The summed E-state index contributed by atoms with van der Waals surface area (Å²) in [6.45, 7) is 7.68. The Morgan fingerprint density at radius 3 is 0.991 bits per heavy atom. The van der Waals surface area contributed by atoms with Crippen LogP contribution in [0.1, 0.15) is 49.1 Å². The third-order valence-corrected chi connectivity index (χ3v) is 24.2. The second kappa shape index (κ2) is 29.5. The largest absolute Gasteiger partial charge is 0.345 e. The molecule has 0 atom stereocenters. The number of nitrogens with zero attached hydrogens (tertiary/aromatic N) is 8. The molecule has 1 spiro atoms. The second-order valence-corrected chi connectivity index (χ2v) is 30.7. The van der Waals surface area contributed by atoms with Gasteiger partial charge in [-0.15, -0.1) is 0 Å². The van der Waals surface area contributed by atoms with Gasteiger partial charge in [-0.3, -0.25) is 0 Å². The number of anilines is 8. The molecule has 4 heterocycles. The third kappa shape index (κ3) is 12.1. The SMILES string of the molecule is CC(C)n1c2ccccc2c2cc(N(C)c3ccccc3)ccc21.CCn1c2ccccc2c2cc(N(C)c3ccccc3)ccc21.CN(c1ccccc1)c1ccc2c(c1)c1ccccc1n2-c1ccc2c(c1)C1(c3ccccc3-c3ccccc31)c1ccccc1-2.CN(c1ccccc1)c1ccc2c(c1)c1ccccc1n2C. The van der Waals surface area contributed by atoms with Gasteiger partial charge in [-0.1, -0.05) is 224 Å². The van der Waals surface area contributed by atoms with Gasteiger partial charge in [0.05, 0.1) is 16.4 Å². The fraction of sp³-hybridized carbons (Fsp3) is 0.103. The van der Waals surface area contributed by atoms with Gasteiger partial charge in [-0.05, 0) is 223 Å². The van der Waals surface area contributed by atoms with E-state index < -0.39 is 0 Å². The Bertz CT molecular complexity index is 6960. The van der Waals surface area contributed by atoms with Crippen LogP contribution < -0.4 is 19.6 Å². The molecule has 0 fully saturated rings. The number of benzene rings is 16. The molecule has 558 valence electrons. The number of aromatic nitrogens is 4. The molecule has 0 aliphatic heterocycles. The van der Waals surface area contributed by atoms with Crippen molar-refractivity contribution >= 4 is 133 Å². The minimum Gasteiger partial charge on any atom is -0.345 e. The zero-order chi connectivity index (χ0) is 78.0. The minimum atomic E-state index is -0.362. The molecule has 0 amide bonds. The highest BCUT2D eigenvalue weighted by atomic mass is 15.1. The van der Waals surface area contributed by atoms with Crippen LogP contribution in [0.4, 0.5) is 45.5 Å². The van der Waals surface area contributed by atoms with Crippen LogP contribution in [0.25, 0.3) is 115 Å². The molecule has 2 aliphatic rings. The monoisotopic (exact) mass is 1490 g/mol. The first-order valence-electron chi connectivity index (χ1n) is 40.1. The fourth-order valence-electron chi connectivity index (χ4n) is 18.6. The van der Waals surface area contributed by atoms with Crippen LogP contribution in [0.3, 0.4) is 0 Å². The summed E-state index contributed by atoms with van der Waals surface area (Å²) < 4.78 is 9.53. The standard InChI is InChI=1S/C44H30N2.C22H22N2.C21H20N2.C20H18N2/c1-45(29-13-3-2-4-14-29)30-24-26-43-37(27-30)36-18-8-12-22-42(36)46(43)31-23-25-35-34-17-7-11-21-40(34)44(41(35)28-31)38-19-9-5-15-32(38)33-16-6-10-20-39(33)44;1-16(2)24-21-12-8-7-11-19(21)20-15-18(13-14-22(20)24)23(3)17-9-5-4-6-10-17;1-3-23-20-12-8-7-11-18(20)19-15-17(13-14-21(19)23)22(2)16-9-5-4-6-10-16;1-21(15-8-4-3-5-9-15)16-12-13-20-18(14-16)17-10-6-7-11-19(17)22(20)2/h2-28H,1H3;4-16H,1-3H3;4-15H,3H2,1-2H3;3-14H,1-2H3. The van der Waals surface area contributed by atoms with Gasteiger partial charge in [0.2, 0.25) is 0 Å². The lowest BCUT2D eigenvalue weighted by molar-refractivity contribution is 0.642. The third-order valence-electron chi connectivity index (χ3n) is 24.2. The van der Waals surface area contributed by atoms with Crippen LogP contribution in [0, 0.1) is 0 Å². The maximum absolute atomic E-state index is 2.48. The Morgan fingerprint density at radius 2 is 0.539 bits per heavy atom. The molecule has 8 nitrogen and oxygen atoms in total. The van der Waals surface area contributed by atoms with Crippen LogP contribution in [-0.4, -0.2) is 46.5 Å². The average Bonchev–Trinajstić information content (AvgIpc) is 1.50. The topological polar surface area (TPSA) is 32.7 Å².